The zero-order valence-corrected chi connectivity index (χ0v) is 9.10. The van der Waals surface area contributed by atoms with Crippen LogP contribution < -0.4 is 5.32 Å². The highest BCUT2D eigenvalue weighted by molar-refractivity contribution is 7.84. The molecule has 0 aliphatic carbocycles. The Balaban J connectivity index is 3.29. The Kier molecular flexibility index (Phi) is 8.64. The second-order valence-corrected chi connectivity index (χ2v) is 4.54. The molecule has 0 aliphatic rings. The van der Waals surface area contributed by atoms with Gasteiger partial charge in [0.15, 0.2) is 0 Å². The second kappa shape index (κ2) is 8.62. The van der Waals surface area contributed by atoms with Gasteiger partial charge in [0.25, 0.3) is 0 Å². The molecule has 2 atom stereocenters. The van der Waals surface area contributed by atoms with Gasteiger partial charge in [-0.15, -0.1) is 0 Å². The van der Waals surface area contributed by atoms with Crippen molar-refractivity contribution in [1.82, 2.24) is 5.32 Å². The van der Waals surface area contributed by atoms with Crippen molar-refractivity contribution >= 4 is 10.8 Å². The average Bonchev–Trinajstić information content (AvgIpc) is 2.12. The monoisotopic (exact) mass is 209 g/mol. The normalized spacial score (nSPS) is 15.6. The molecular formula is C8H19NO3S. The van der Waals surface area contributed by atoms with Crippen LogP contribution >= 0.6 is 0 Å². The van der Waals surface area contributed by atoms with Crippen LogP contribution in [0.3, 0.4) is 0 Å². The number of hydrogen-bond acceptors (Lipinski definition) is 4. The van der Waals surface area contributed by atoms with Crippen LogP contribution in [0.5, 0.6) is 0 Å². The predicted octanol–water partition coefficient (Wildman–Crippen LogP) is -0.648. The van der Waals surface area contributed by atoms with E-state index in [1.54, 1.807) is 7.11 Å². The molecule has 0 saturated heterocycles. The SMILES string of the molecule is CCS(=O)CC(O)CNCCOC. The van der Waals surface area contributed by atoms with E-state index < -0.39 is 16.9 Å². The second-order valence-electron chi connectivity index (χ2n) is 2.75. The minimum atomic E-state index is -0.886. The van der Waals surface area contributed by atoms with Crippen molar-refractivity contribution in [3.8, 4) is 0 Å². The van der Waals surface area contributed by atoms with E-state index in [0.717, 1.165) is 0 Å². The summed E-state index contributed by atoms with van der Waals surface area (Å²) >= 11 is 0. The lowest BCUT2D eigenvalue weighted by atomic mass is 10.4. The van der Waals surface area contributed by atoms with Gasteiger partial charge < -0.3 is 15.2 Å². The maximum atomic E-state index is 11.0. The van der Waals surface area contributed by atoms with E-state index in [0.29, 0.717) is 31.2 Å². The van der Waals surface area contributed by atoms with Crippen LogP contribution in [0.2, 0.25) is 0 Å². The van der Waals surface area contributed by atoms with Crippen molar-refractivity contribution in [3.05, 3.63) is 0 Å². The first-order valence-corrected chi connectivity index (χ1v) is 5.92. The van der Waals surface area contributed by atoms with E-state index in [1.807, 2.05) is 6.92 Å². The average molecular weight is 209 g/mol. The number of aliphatic hydroxyl groups excluding tert-OH is 1. The summed E-state index contributed by atoms with van der Waals surface area (Å²) in [5.41, 5.74) is 0. The van der Waals surface area contributed by atoms with Crippen LogP contribution in [0.15, 0.2) is 0 Å². The third-order valence-corrected chi connectivity index (χ3v) is 2.96. The van der Waals surface area contributed by atoms with Crippen molar-refractivity contribution in [2.75, 3.05) is 38.3 Å². The molecule has 13 heavy (non-hydrogen) atoms. The number of ether oxygens (including phenoxy) is 1. The number of nitrogens with one attached hydrogen (secondary N) is 1. The Bertz CT molecular complexity index is 143. The minimum Gasteiger partial charge on any atom is -0.391 e. The molecule has 0 radical (unpaired) electrons. The van der Waals surface area contributed by atoms with Gasteiger partial charge in [0.05, 0.1) is 18.5 Å². The molecule has 0 fully saturated rings. The maximum absolute atomic E-state index is 11.0. The van der Waals surface area contributed by atoms with Crippen molar-refractivity contribution < 1.29 is 14.1 Å². The zero-order chi connectivity index (χ0) is 10.1. The fourth-order valence-electron chi connectivity index (χ4n) is 0.834. The van der Waals surface area contributed by atoms with Crippen LogP contribution in [0.25, 0.3) is 0 Å². The Morgan fingerprint density at radius 1 is 1.62 bits per heavy atom. The molecule has 2 N–H and O–H groups in total. The molecule has 0 aromatic carbocycles. The van der Waals surface area contributed by atoms with Gasteiger partial charge in [-0.25, -0.2) is 0 Å². The molecule has 2 unspecified atom stereocenters. The van der Waals surface area contributed by atoms with Crippen molar-refractivity contribution in [3.63, 3.8) is 0 Å². The third kappa shape index (κ3) is 8.36. The standard InChI is InChI=1S/C8H19NO3S/c1-3-13(11)7-8(10)6-9-4-5-12-2/h8-10H,3-7H2,1-2H3. The molecule has 5 heteroatoms. The van der Waals surface area contributed by atoms with Crippen molar-refractivity contribution in [2.45, 2.75) is 13.0 Å². The largest absolute Gasteiger partial charge is 0.391 e. The molecule has 0 aromatic rings. The Morgan fingerprint density at radius 2 is 2.31 bits per heavy atom. The molecule has 80 valence electrons. The summed E-state index contributed by atoms with van der Waals surface area (Å²) in [6.07, 6.45) is -0.516. The van der Waals surface area contributed by atoms with Gasteiger partial charge in [-0.3, -0.25) is 4.21 Å². The van der Waals surface area contributed by atoms with Gasteiger partial charge in [-0.2, -0.15) is 0 Å². The van der Waals surface area contributed by atoms with E-state index in [-0.39, 0.29) is 0 Å². The fourth-order valence-corrected chi connectivity index (χ4v) is 1.62. The molecule has 0 heterocycles. The number of aliphatic hydroxyl groups is 1. The smallest absolute Gasteiger partial charge is 0.0779 e. The number of hydrogen-bond donors (Lipinski definition) is 2. The Morgan fingerprint density at radius 3 is 2.85 bits per heavy atom. The quantitative estimate of drug-likeness (QED) is 0.522. The van der Waals surface area contributed by atoms with Gasteiger partial charge in [0.2, 0.25) is 0 Å². The predicted molar refractivity (Wildman–Crippen MR) is 54.3 cm³/mol. The number of rotatable bonds is 8. The molecule has 0 saturated carbocycles. The maximum Gasteiger partial charge on any atom is 0.0779 e. The van der Waals surface area contributed by atoms with E-state index in [9.17, 15) is 9.32 Å². The topological polar surface area (TPSA) is 58.6 Å². The molecule has 0 spiro atoms. The highest BCUT2D eigenvalue weighted by Crippen LogP contribution is 1.88. The molecule has 0 aliphatic heterocycles. The summed E-state index contributed by atoms with van der Waals surface area (Å²) < 4.78 is 15.8. The lowest BCUT2D eigenvalue weighted by Crippen LogP contribution is -2.33. The highest BCUT2D eigenvalue weighted by Gasteiger charge is 2.06. The molecular weight excluding hydrogens is 190 g/mol. The lowest BCUT2D eigenvalue weighted by Gasteiger charge is -2.10. The first-order valence-electron chi connectivity index (χ1n) is 4.43. The molecule has 0 bridgehead atoms. The highest BCUT2D eigenvalue weighted by atomic mass is 32.2. The van der Waals surface area contributed by atoms with Crippen LogP contribution in [-0.4, -0.2) is 53.7 Å². The first kappa shape index (κ1) is 13.0. The summed E-state index contributed by atoms with van der Waals surface area (Å²) in [6.45, 7) is 3.67. The van der Waals surface area contributed by atoms with Crippen molar-refractivity contribution in [2.24, 2.45) is 0 Å². The van der Waals surface area contributed by atoms with Crippen molar-refractivity contribution in [1.29, 1.82) is 0 Å². The fraction of sp³-hybridized carbons (Fsp3) is 1.00. The Hall–Kier alpha value is 0.0300. The molecule has 4 nitrogen and oxygen atoms in total. The van der Waals surface area contributed by atoms with Gasteiger partial charge >= 0.3 is 0 Å². The molecule has 0 rings (SSSR count). The third-order valence-electron chi connectivity index (χ3n) is 1.56. The Labute approximate surface area is 82.1 Å². The van der Waals surface area contributed by atoms with E-state index in [1.165, 1.54) is 0 Å². The first-order chi connectivity index (χ1) is 6.20. The van der Waals surface area contributed by atoms with Gasteiger partial charge in [-0.1, -0.05) is 6.92 Å². The van der Waals surface area contributed by atoms with E-state index >= 15 is 0 Å². The summed E-state index contributed by atoms with van der Waals surface area (Å²) in [5.74, 6) is 0.964. The zero-order valence-electron chi connectivity index (χ0n) is 8.28. The summed E-state index contributed by atoms with van der Waals surface area (Å²) in [4.78, 5) is 0. The molecule has 0 aromatic heterocycles. The summed E-state index contributed by atoms with van der Waals surface area (Å²) in [5, 5.41) is 12.4. The minimum absolute atomic E-state index is 0.358. The van der Waals surface area contributed by atoms with Gasteiger partial charge in [-0.05, 0) is 0 Å². The van der Waals surface area contributed by atoms with Crippen LogP contribution in [-0.2, 0) is 15.5 Å². The summed E-state index contributed by atoms with van der Waals surface area (Å²) in [7, 11) is 0.744. The van der Waals surface area contributed by atoms with Gasteiger partial charge in [0, 0.05) is 36.8 Å². The lowest BCUT2D eigenvalue weighted by molar-refractivity contribution is 0.174. The summed E-state index contributed by atoms with van der Waals surface area (Å²) in [6, 6.07) is 0. The van der Waals surface area contributed by atoms with Crippen LogP contribution in [0, 0.1) is 0 Å². The van der Waals surface area contributed by atoms with Crippen LogP contribution in [0.4, 0.5) is 0 Å². The van der Waals surface area contributed by atoms with Gasteiger partial charge in [0.1, 0.15) is 0 Å². The number of methoxy groups -OCH3 is 1. The van der Waals surface area contributed by atoms with E-state index in [2.05, 4.69) is 5.32 Å². The van der Waals surface area contributed by atoms with E-state index in [4.69, 9.17) is 4.74 Å². The van der Waals surface area contributed by atoms with Crippen LogP contribution in [0.1, 0.15) is 6.92 Å². The molecule has 0 amide bonds.